The van der Waals surface area contributed by atoms with Crippen molar-refractivity contribution in [3.05, 3.63) is 12.2 Å². The second-order valence-corrected chi connectivity index (χ2v) is 7.80. The van der Waals surface area contributed by atoms with E-state index in [9.17, 15) is 0 Å². The molecule has 0 saturated carbocycles. The summed E-state index contributed by atoms with van der Waals surface area (Å²) in [5.74, 6) is 1.17. The normalized spacial score (nSPS) is 12.1. The zero-order chi connectivity index (χ0) is 17.9. The molecular formula is C21H44N2S. The number of nitrogens with zero attached hydrogens (tertiary/aromatic N) is 2. The summed E-state index contributed by atoms with van der Waals surface area (Å²) in [5, 5.41) is 0. The predicted octanol–water partition coefficient (Wildman–Crippen LogP) is 6.73. The number of hydrogen-bond donors (Lipinski definition) is 0. The molecule has 0 aliphatic heterocycles. The van der Waals surface area contributed by atoms with Crippen LogP contribution in [0.4, 0.5) is 0 Å². The van der Waals surface area contributed by atoms with Crippen LogP contribution in [0.15, 0.2) is 12.2 Å². The van der Waals surface area contributed by atoms with E-state index in [0.717, 1.165) is 13.0 Å². The lowest BCUT2D eigenvalue weighted by molar-refractivity contribution is 0.302. The quantitative estimate of drug-likeness (QED) is 0.116. The predicted molar refractivity (Wildman–Crippen MR) is 114 cm³/mol. The lowest BCUT2D eigenvalue weighted by Crippen LogP contribution is -2.29. The first-order valence-corrected chi connectivity index (χ1v) is 11.5. The Morgan fingerprint density at radius 2 is 1.21 bits per heavy atom. The Balaban J connectivity index is 4.29. The van der Waals surface area contributed by atoms with E-state index in [4.69, 9.17) is 0 Å². The van der Waals surface area contributed by atoms with E-state index >= 15 is 0 Å². The Kier molecular flexibility index (Phi) is 19.3. The van der Waals surface area contributed by atoms with Crippen LogP contribution in [0.3, 0.4) is 0 Å². The van der Waals surface area contributed by atoms with Crippen LogP contribution in [0.2, 0.25) is 0 Å². The molecule has 0 heterocycles. The van der Waals surface area contributed by atoms with Crippen molar-refractivity contribution in [3.63, 3.8) is 0 Å². The van der Waals surface area contributed by atoms with Crippen molar-refractivity contribution in [2.75, 3.05) is 32.1 Å². The molecule has 2 nitrogen and oxygen atoms in total. The van der Waals surface area contributed by atoms with Crippen LogP contribution < -0.4 is 0 Å². The lowest BCUT2D eigenvalue weighted by Gasteiger charge is -2.26. The zero-order valence-corrected chi connectivity index (χ0v) is 17.9. The molecular weight excluding hydrogens is 312 g/mol. The van der Waals surface area contributed by atoms with Gasteiger partial charge in [0.2, 0.25) is 0 Å². The fourth-order valence-corrected chi connectivity index (χ4v) is 3.71. The third kappa shape index (κ3) is 15.5. The maximum absolute atomic E-state index is 2.69. The first-order valence-electron chi connectivity index (χ1n) is 10.5. The minimum Gasteiger partial charge on any atom is -0.293 e. The summed E-state index contributed by atoms with van der Waals surface area (Å²) < 4.78 is 2.58. The van der Waals surface area contributed by atoms with Crippen LogP contribution >= 0.6 is 11.9 Å². The van der Waals surface area contributed by atoms with Gasteiger partial charge in [0.1, 0.15) is 0 Å². The molecule has 3 heteroatoms. The monoisotopic (exact) mass is 356 g/mol. The molecule has 0 spiro atoms. The molecule has 0 radical (unpaired) electrons. The van der Waals surface area contributed by atoms with Crippen LogP contribution in [0.25, 0.3) is 0 Å². The molecule has 0 N–H and O–H groups in total. The Hall–Kier alpha value is 0.01000. The molecule has 0 bridgehead atoms. The fraction of sp³-hybridized carbons (Fsp3) is 0.905. The Bertz CT molecular complexity index is 259. The minimum absolute atomic E-state index is 1.10. The molecule has 0 aliphatic rings. The van der Waals surface area contributed by atoms with E-state index in [2.05, 4.69) is 61.0 Å². The summed E-state index contributed by atoms with van der Waals surface area (Å²) in [4.78, 5) is 2.69. The molecule has 0 saturated heterocycles. The van der Waals surface area contributed by atoms with Crippen LogP contribution in [0.5, 0.6) is 0 Å². The molecule has 0 rings (SSSR count). The summed E-state index contributed by atoms with van der Waals surface area (Å²) in [5.41, 5.74) is 0. The first kappa shape index (κ1) is 24.0. The van der Waals surface area contributed by atoms with Crippen LogP contribution in [0, 0.1) is 0 Å². The highest BCUT2D eigenvalue weighted by Gasteiger charge is 2.09. The summed E-state index contributed by atoms with van der Waals surface area (Å²) in [6, 6.07) is 0. The number of unbranched alkanes of at least 4 members (excludes halogenated alkanes) is 6. The third-order valence-electron chi connectivity index (χ3n) is 4.30. The van der Waals surface area contributed by atoms with Gasteiger partial charge in [-0.05, 0) is 38.8 Å². The van der Waals surface area contributed by atoms with E-state index in [1.54, 1.807) is 0 Å². The van der Waals surface area contributed by atoms with Gasteiger partial charge in [0.15, 0.2) is 0 Å². The molecule has 0 atom stereocenters. The minimum atomic E-state index is 1.10. The summed E-state index contributed by atoms with van der Waals surface area (Å²) in [7, 11) is 0. The average molecular weight is 357 g/mol. The molecule has 0 aromatic carbocycles. The van der Waals surface area contributed by atoms with Crippen molar-refractivity contribution in [2.45, 2.75) is 91.9 Å². The van der Waals surface area contributed by atoms with Gasteiger partial charge in [-0.15, -0.1) is 0 Å². The fourth-order valence-electron chi connectivity index (χ4n) is 2.68. The Labute approximate surface area is 157 Å². The van der Waals surface area contributed by atoms with Gasteiger partial charge in [0.05, 0.1) is 5.88 Å². The Morgan fingerprint density at radius 3 is 1.71 bits per heavy atom. The molecule has 24 heavy (non-hydrogen) atoms. The number of allylic oxidation sites excluding steroid dienone is 1. The van der Waals surface area contributed by atoms with Gasteiger partial charge >= 0.3 is 0 Å². The molecule has 0 aromatic heterocycles. The molecule has 0 unspecified atom stereocenters. The van der Waals surface area contributed by atoms with E-state index in [1.165, 1.54) is 83.3 Å². The van der Waals surface area contributed by atoms with Gasteiger partial charge in [-0.25, -0.2) is 4.31 Å². The van der Waals surface area contributed by atoms with Gasteiger partial charge in [0, 0.05) is 13.1 Å². The highest BCUT2D eigenvalue weighted by Crippen LogP contribution is 2.15. The van der Waals surface area contributed by atoms with Crippen molar-refractivity contribution >= 4 is 11.9 Å². The average Bonchev–Trinajstić information content (AvgIpc) is 2.59. The van der Waals surface area contributed by atoms with Gasteiger partial charge in [-0.3, -0.25) is 4.90 Å². The van der Waals surface area contributed by atoms with Crippen molar-refractivity contribution in [1.29, 1.82) is 0 Å². The van der Waals surface area contributed by atoms with Gasteiger partial charge in [-0.2, -0.15) is 0 Å². The van der Waals surface area contributed by atoms with Crippen molar-refractivity contribution in [3.8, 4) is 0 Å². The third-order valence-corrected chi connectivity index (χ3v) is 5.48. The van der Waals surface area contributed by atoms with Crippen molar-refractivity contribution < 1.29 is 0 Å². The van der Waals surface area contributed by atoms with E-state index in [-0.39, 0.29) is 0 Å². The summed E-state index contributed by atoms with van der Waals surface area (Å²) in [6.07, 6.45) is 17.9. The topological polar surface area (TPSA) is 6.48 Å². The van der Waals surface area contributed by atoms with Crippen LogP contribution in [-0.2, 0) is 0 Å². The number of rotatable bonds is 18. The number of hydrogen-bond acceptors (Lipinski definition) is 3. The SMILES string of the molecule is CC/C=C/CN(CCCCC)SCN(CCCCC)CCCCC. The standard InChI is InChI=1S/C21H44N2S/c1-5-9-13-17-22(18-14-10-6-2)21-24-23(19-15-11-7-3)20-16-12-8-4/h11,15H,5-10,12-14,16-21H2,1-4H3/b15-11+. The highest BCUT2D eigenvalue weighted by atomic mass is 32.2. The first-order chi connectivity index (χ1) is 11.8. The second-order valence-electron chi connectivity index (χ2n) is 6.77. The van der Waals surface area contributed by atoms with Gasteiger partial charge in [0.25, 0.3) is 0 Å². The summed E-state index contributed by atoms with van der Waals surface area (Å²) in [6.45, 7) is 14.0. The van der Waals surface area contributed by atoms with E-state index in [0.29, 0.717) is 0 Å². The highest BCUT2D eigenvalue weighted by molar-refractivity contribution is 7.96. The van der Waals surface area contributed by atoms with Crippen molar-refractivity contribution in [1.82, 2.24) is 9.21 Å². The van der Waals surface area contributed by atoms with Gasteiger partial charge in [-0.1, -0.05) is 90.3 Å². The van der Waals surface area contributed by atoms with Gasteiger partial charge < -0.3 is 0 Å². The molecule has 0 amide bonds. The van der Waals surface area contributed by atoms with Crippen LogP contribution in [-0.4, -0.2) is 41.3 Å². The lowest BCUT2D eigenvalue weighted by atomic mass is 10.2. The van der Waals surface area contributed by atoms with Crippen molar-refractivity contribution in [2.24, 2.45) is 0 Å². The molecule has 0 fully saturated rings. The second kappa shape index (κ2) is 19.3. The maximum Gasteiger partial charge on any atom is 0.0593 e. The maximum atomic E-state index is 2.69. The molecule has 144 valence electrons. The zero-order valence-electron chi connectivity index (χ0n) is 17.1. The van der Waals surface area contributed by atoms with E-state index in [1.807, 2.05) is 0 Å². The molecule has 0 aliphatic carbocycles. The molecule has 0 aromatic rings. The summed E-state index contributed by atoms with van der Waals surface area (Å²) >= 11 is 2.05. The largest absolute Gasteiger partial charge is 0.293 e. The van der Waals surface area contributed by atoms with E-state index < -0.39 is 0 Å². The van der Waals surface area contributed by atoms with Crippen LogP contribution in [0.1, 0.15) is 91.9 Å². The smallest absolute Gasteiger partial charge is 0.0593 e. The Morgan fingerprint density at radius 1 is 0.667 bits per heavy atom.